The van der Waals surface area contributed by atoms with E-state index < -0.39 is 0 Å². The first kappa shape index (κ1) is 23.8. The van der Waals surface area contributed by atoms with Crippen LogP contribution in [0.5, 0.6) is 0 Å². The van der Waals surface area contributed by atoms with Crippen LogP contribution in [0.2, 0.25) is 0 Å². The van der Waals surface area contributed by atoms with Crippen LogP contribution in [0.1, 0.15) is 11.3 Å². The summed E-state index contributed by atoms with van der Waals surface area (Å²) in [5.74, 6) is 0.883. The molecule has 8 aromatic rings. The number of hydrogen-bond acceptors (Lipinski definition) is 3. The zero-order chi connectivity index (χ0) is 27.5. The number of hydrogen-bond donors (Lipinski definition) is 1. The van der Waals surface area contributed by atoms with E-state index in [9.17, 15) is 0 Å². The van der Waals surface area contributed by atoms with E-state index in [2.05, 4.69) is 126 Å². The van der Waals surface area contributed by atoms with E-state index in [-0.39, 0.29) is 0 Å². The molecular weight excluding hydrogens is 520 g/mol. The first-order valence-electron chi connectivity index (χ1n) is 13.7. The lowest BCUT2D eigenvalue weighted by Gasteiger charge is -2.26. The monoisotopic (exact) mass is 546 g/mol. The van der Waals surface area contributed by atoms with E-state index in [1.807, 2.05) is 24.3 Å². The Morgan fingerprint density at radius 3 is 2.37 bits per heavy atom. The van der Waals surface area contributed by atoms with Crippen molar-refractivity contribution in [2.45, 2.75) is 6.92 Å². The summed E-state index contributed by atoms with van der Waals surface area (Å²) in [6, 6.07) is 36.9. The molecule has 0 bridgehead atoms. The summed E-state index contributed by atoms with van der Waals surface area (Å²) in [4.78, 5) is 6.08. The predicted molar refractivity (Wildman–Crippen MR) is 177 cm³/mol. The first-order chi connectivity index (χ1) is 20.2. The van der Waals surface area contributed by atoms with Gasteiger partial charge in [-0.3, -0.25) is 0 Å². The number of para-hydroxylation sites is 2. The Kier molecular flexibility index (Phi) is 5.37. The van der Waals surface area contributed by atoms with Crippen molar-refractivity contribution in [1.29, 1.82) is 0 Å². The Morgan fingerprint density at radius 2 is 1.51 bits per heavy atom. The van der Waals surface area contributed by atoms with Crippen molar-refractivity contribution in [2.24, 2.45) is 0 Å². The van der Waals surface area contributed by atoms with Crippen LogP contribution in [0, 0.1) is 6.92 Å². The number of thiophene rings is 1. The van der Waals surface area contributed by atoms with Gasteiger partial charge < -0.3 is 14.3 Å². The van der Waals surface area contributed by atoms with Crippen LogP contribution in [-0.2, 0) is 0 Å². The van der Waals surface area contributed by atoms with Gasteiger partial charge in [0.2, 0.25) is 0 Å². The van der Waals surface area contributed by atoms with Crippen molar-refractivity contribution in [3.8, 4) is 0 Å². The number of nitrogens with zero attached hydrogens (tertiary/aromatic N) is 1. The molecule has 196 valence electrons. The molecule has 0 aliphatic rings. The average molecular weight is 547 g/mol. The van der Waals surface area contributed by atoms with E-state index in [0.717, 1.165) is 55.8 Å². The third kappa shape index (κ3) is 3.65. The maximum atomic E-state index is 6.44. The molecule has 0 saturated carbocycles. The van der Waals surface area contributed by atoms with Gasteiger partial charge >= 0.3 is 0 Å². The second-order valence-corrected chi connectivity index (χ2v) is 11.4. The van der Waals surface area contributed by atoms with Crippen LogP contribution in [-0.4, -0.2) is 4.98 Å². The van der Waals surface area contributed by atoms with E-state index in [0.29, 0.717) is 0 Å². The zero-order valence-electron chi connectivity index (χ0n) is 22.5. The zero-order valence-corrected chi connectivity index (χ0v) is 23.3. The van der Waals surface area contributed by atoms with Gasteiger partial charge in [-0.1, -0.05) is 85.5 Å². The molecule has 0 radical (unpaired) electrons. The second-order valence-electron chi connectivity index (χ2n) is 10.3. The average Bonchev–Trinajstić information content (AvgIpc) is 3.67. The van der Waals surface area contributed by atoms with Gasteiger partial charge in [0, 0.05) is 58.8 Å². The molecule has 0 fully saturated rings. The standard InChI is InChI=1S/C37H26N2OS/c1-3-4-14-26-23(2)40-37-30(26)22-32(35-29-16-8-10-17-31(29)38-36(35)37)39(24-12-6-5-7-13-24)25-19-20-28-27-15-9-11-18-33(27)41-34(28)21-25/h3-22,38H,1H2,2H3/b14-4-. The smallest absolute Gasteiger partial charge is 0.159 e. The molecule has 5 aromatic carbocycles. The number of rotatable bonds is 5. The van der Waals surface area contributed by atoms with Crippen molar-refractivity contribution in [3.05, 3.63) is 133 Å². The summed E-state index contributed by atoms with van der Waals surface area (Å²) in [5, 5.41) is 5.97. The second kappa shape index (κ2) is 9.26. The molecule has 0 aliphatic heterocycles. The molecule has 0 atom stereocenters. The van der Waals surface area contributed by atoms with Gasteiger partial charge in [0.1, 0.15) is 5.76 Å². The quantitative estimate of drug-likeness (QED) is 0.218. The van der Waals surface area contributed by atoms with Gasteiger partial charge in [0.05, 0.1) is 11.2 Å². The number of H-pyrrole nitrogens is 1. The van der Waals surface area contributed by atoms with E-state index in [1.165, 1.54) is 25.6 Å². The minimum atomic E-state index is 0.870. The summed E-state index contributed by atoms with van der Waals surface area (Å²) in [6.45, 7) is 5.91. The van der Waals surface area contributed by atoms with Gasteiger partial charge in [-0.15, -0.1) is 11.3 Å². The Labute approximate surface area is 241 Å². The third-order valence-corrected chi connectivity index (χ3v) is 9.05. The van der Waals surface area contributed by atoms with Gasteiger partial charge in [-0.2, -0.15) is 0 Å². The molecule has 41 heavy (non-hydrogen) atoms. The molecule has 1 N–H and O–H groups in total. The maximum absolute atomic E-state index is 6.44. The highest BCUT2D eigenvalue weighted by Gasteiger charge is 2.24. The van der Waals surface area contributed by atoms with Crippen molar-refractivity contribution in [1.82, 2.24) is 4.98 Å². The molecule has 0 spiro atoms. The highest BCUT2D eigenvalue weighted by atomic mass is 32.1. The van der Waals surface area contributed by atoms with Crippen molar-refractivity contribution in [3.63, 3.8) is 0 Å². The number of aryl methyl sites for hydroxylation is 1. The van der Waals surface area contributed by atoms with Crippen LogP contribution in [0.3, 0.4) is 0 Å². The molecule has 3 heterocycles. The van der Waals surface area contributed by atoms with E-state index in [1.54, 1.807) is 6.08 Å². The van der Waals surface area contributed by atoms with Gasteiger partial charge in [0.25, 0.3) is 0 Å². The fourth-order valence-corrected chi connectivity index (χ4v) is 7.24. The number of nitrogens with one attached hydrogen (secondary N) is 1. The number of fused-ring (bicyclic) bond motifs is 8. The lowest BCUT2D eigenvalue weighted by atomic mass is 10.0. The predicted octanol–water partition coefficient (Wildman–Crippen LogP) is 11.4. The molecule has 0 unspecified atom stereocenters. The van der Waals surface area contributed by atoms with Crippen molar-refractivity contribution < 1.29 is 4.42 Å². The van der Waals surface area contributed by atoms with Gasteiger partial charge in [-0.25, -0.2) is 0 Å². The van der Waals surface area contributed by atoms with Crippen LogP contribution < -0.4 is 4.90 Å². The number of benzene rings is 5. The minimum Gasteiger partial charge on any atom is -0.459 e. The van der Waals surface area contributed by atoms with E-state index in [4.69, 9.17) is 4.42 Å². The molecule has 0 saturated heterocycles. The molecule has 3 nitrogen and oxygen atoms in total. The third-order valence-electron chi connectivity index (χ3n) is 7.91. The molecule has 0 amide bonds. The fraction of sp³-hybridized carbons (Fsp3) is 0.0270. The van der Waals surface area contributed by atoms with Crippen LogP contribution >= 0.6 is 11.3 Å². The summed E-state index contributed by atoms with van der Waals surface area (Å²) < 4.78 is 9.02. The van der Waals surface area contributed by atoms with Crippen LogP contribution in [0.15, 0.2) is 126 Å². The summed E-state index contributed by atoms with van der Waals surface area (Å²) in [7, 11) is 0. The molecule has 3 aromatic heterocycles. The van der Waals surface area contributed by atoms with Crippen LogP contribution in [0.25, 0.3) is 59.0 Å². The Bertz CT molecular complexity index is 2300. The lowest BCUT2D eigenvalue weighted by Crippen LogP contribution is -2.10. The highest BCUT2D eigenvalue weighted by Crippen LogP contribution is 2.47. The summed E-state index contributed by atoms with van der Waals surface area (Å²) in [6.07, 6.45) is 5.86. The molecule has 0 aliphatic carbocycles. The fourth-order valence-electron chi connectivity index (χ4n) is 6.10. The largest absolute Gasteiger partial charge is 0.459 e. The van der Waals surface area contributed by atoms with E-state index >= 15 is 0 Å². The molecular formula is C37H26N2OS. The van der Waals surface area contributed by atoms with Gasteiger partial charge in [-0.05, 0) is 49.4 Å². The first-order valence-corrected chi connectivity index (χ1v) is 14.5. The lowest BCUT2D eigenvalue weighted by molar-refractivity contribution is 0.580. The van der Waals surface area contributed by atoms with Crippen LogP contribution in [0.4, 0.5) is 17.1 Å². The Balaban J connectivity index is 1.50. The maximum Gasteiger partial charge on any atom is 0.159 e. The van der Waals surface area contributed by atoms with Crippen molar-refractivity contribution in [2.75, 3.05) is 4.90 Å². The topological polar surface area (TPSA) is 32.2 Å². The molecule has 8 rings (SSSR count). The number of allylic oxidation sites excluding steroid dienone is 2. The summed E-state index contributed by atoms with van der Waals surface area (Å²) in [5.41, 5.74) is 7.34. The SMILES string of the molecule is C=C/C=C\c1c(C)oc2c1cc(N(c1ccccc1)c1ccc3c(c1)sc1ccccc13)c1c3ccccc3[nH]c21. The number of aromatic nitrogens is 1. The highest BCUT2D eigenvalue weighted by molar-refractivity contribution is 7.25. The number of furan rings is 1. The Morgan fingerprint density at radius 1 is 0.756 bits per heavy atom. The molecule has 4 heteroatoms. The number of anilines is 3. The van der Waals surface area contributed by atoms with Gasteiger partial charge in [0.15, 0.2) is 5.58 Å². The number of aromatic amines is 1. The normalized spacial score (nSPS) is 12.0. The Hall–Kier alpha value is -5.06. The minimum absolute atomic E-state index is 0.870. The van der Waals surface area contributed by atoms with Crippen molar-refractivity contribution >= 4 is 87.4 Å². The summed E-state index contributed by atoms with van der Waals surface area (Å²) >= 11 is 1.84.